The van der Waals surface area contributed by atoms with E-state index >= 15 is 0 Å². The van der Waals surface area contributed by atoms with Crippen LogP contribution in [0.3, 0.4) is 0 Å². The van der Waals surface area contributed by atoms with Crippen LogP contribution in [0, 0.1) is 10.1 Å². The zero-order valence-electron chi connectivity index (χ0n) is 10.3. The summed E-state index contributed by atoms with van der Waals surface area (Å²) in [5.74, 6) is -4.12. The Morgan fingerprint density at radius 2 is 1.95 bits per heavy atom. The van der Waals surface area contributed by atoms with Gasteiger partial charge in [0.2, 0.25) is 10.0 Å². The molecular weight excluding hydrogens is 296 g/mol. The molecule has 0 aliphatic carbocycles. The SMILES string of the molecule is NCC(F)(F)CNS(=O)(=O)Cc1ccccc1[N+](=O)[O-]. The van der Waals surface area contributed by atoms with Gasteiger partial charge in [-0.25, -0.2) is 21.9 Å². The molecule has 0 radical (unpaired) electrons. The molecule has 0 atom stereocenters. The molecule has 112 valence electrons. The number of nitrogens with zero attached hydrogens (tertiary/aromatic N) is 1. The second-order valence-corrected chi connectivity index (χ2v) is 5.83. The smallest absolute Gasteiger partial charge is 0.273 e. The summed E-state index contributed by atoms with van der Waals surface area (Å²) >= 11 is 0. The summed E-state index contributed by atoms with van der Waals surface area (Å²) in [6.45, 7) is -2.15. The number of benzene rings is 1. The van der Waals surface area contributed by atoms with Crippen molar-refractivity contribution in [3.8, 4) is 0 Å². The minimum absolute atomic E-state index is 0.0823. The highest BCUT2D eigenvalue weighted by atomic mass is 32.2. The van der Waals surface area contributed by atoms with Gasteiger partial charge in [0.15, 0.2) is 0 Å². The van der Waals surface area contributed by atoms with Crippen molar-refractivity contribution in [3.05, 3.63) is 39.9 Å². The van der Waals surface area contributed by atoms with Gasteiger partial charge in [0.25, 0.3) is 11.6 Å². The number of alkyl halides is 2. The van der Waals surface area contributed by atoms with Gasteiger partial charge in [-0.05, 0) is 0 Å². The molecule has 0 aromatic heterocycles. The van der Waals surface area contributed by atoms with Crippen LogP contribution >= 0.6 is 0 Å². The van der Waals surface area contributed by atoms with Crippen LogP contribution < -0.4 is 10.5 Å². The van der Waals surface area contributed by atoms with Gasteiger partial charge >= 0.3 is 0 Å². The highest BCUT2D eigenvalue weighted by Crippen LogP contribution is 2.20. The largest absolute Gasteiger partial charge is 0.325 e. The molecule has 20 heavy (non-hydrogen) atoms. The van der Waals surface area contributed by atoms with Crippen LogP contribution in [-0.4, -0.2) is 32.4 Å². The molecule has 0 aliphatic heterocycles. The molecule has 0 bridgehead atoms. The number of nitrogens with one attached hydrogen (secondary N) is 1. The molecule has 0 unspecified atom stereocenters. The number of nitrogens with two attached hydrogens (primary N) is 1. The lowest BCUT2D eigenvalue weighted by molar-refractivity contribution is -0.385. The fourth-order valence-corrected chi connectivity index (χ4v) is 2.54. The fourth-order valence-electron chi connectivity index (χ4n) is 1.35. The summed E-state index contributed by atoms with van der Waals surface area (Å²) in [5, 5.41) is 10.7. The average Bonchev–Trinajstić information content (AvgIpc) is 2.37. The van der Waals surface area contributed by atoms with Gasteiger partial charge in [-0.15, -0.1) is 0 Å². The first-order valence-electron chi connectivity index (χ1n) is 5.44. The Bertz CT molecular complexity index is 592. The Labute approximate surface area is 114 Å². The third-order valence-electron chi connectivity index (χ3n) is 2.38. The molecule has 0 aliphatic rings. The van der Waals surface area contributed by atoms with Gasteiger partial charge in [0.05, 0.1) is 23.8 Å². The van der Waals surface area contributed by atoms with E-state index in [1.807, 2.05) is 0 Å². The number of halogens is 2. The van der Waals surface area contributed by atoms with E-state index in [2.05, 4.69) is 0 Å². The van der Waals surface area contributed by atoms with Gasteiger partial charge in [-0.1, -0.05) is 18.2 Å². The maximum Gasteiger partial charge on any atom is 0.273 e. The molecule has 10 heteroatoms. The Morgan fingerprint density at radius 1 is 1.35 bits per heavy atom. The van der Waals surface area contributed by atoms with E-state index in [1.54, 1.807) is 4.72 Å². The zero-order chi connectivity index (χ0) is 15.4. The van der Waals surface area contributed by atoms with Gasteiger partial charge in [0.1, 0.15) is 0 Å². The van der Waals surface area contributed by atoms with E-state index < -0.39 is 39.7 Å². The van der Waals surface area contributed by atoms with Crippen molar-refractivity contribution in [1.29, 1.82) is 0 Å². The van der Waals surface area contributed by atoms with Crippen molar-refractivity contribution < 1.29 is 22.1 Å². The number of hydrogen-bond acceptors (Lipinski definition) is 5. The quantitative estimate of drug-likeness (QED) is 0.565. The minimum Gasteiger partial charge on any atom is -0.325 e. The highest BCUT2D eigenvalue weighted by molar-refractivity contribution is 7.88. The number of sulfonamides is 1. The molecular formula is C10H13F2N3O4S. The highest BCUT2D eigenvalue weighted by Gasteiger charge is 2.29. The van der Waals surface area contributed by atoms with Gasteiger partial charge < -0.3 is 5.73 Å². The van der Waals surface area contributed by atoms with Crippen LogP contribution in [0.1, 0.15) is 5.56 Å². The number of hydrogen-bond donors (Lipinski definition) is 2. The van der Waals surface area contributed by atoms with Crippen molar-refractivity contribution in [3.63, 3.8) is 0 Å². The Balaban J connectivity index is 2.85. The van der Waals surface area contributed by atoms with E-state index in [0.29, 0.717) is 0 Å². The predicted octanol–water partition coefficient (Wildman–Crippen LogP) is 0.608. The molecule has 0 amide bonds. The van der Waals surface area contributed by atoms with Crippen molar-refractivity contribution in [2.75, 3.05) is 13.1 Å². The van der Waals surface area contributed by atoms with Crippen LogP contribution in [0.4, 0.5) is 14.5 Å². The fraction of sp³-hybridized carbons (Fsp3) is 0.400. The first kappa shape index (κ1) is 16.4. The van der Waals surface area contributed by atoms with Crippen LogP contribution in [-0.2, 0) is 15.8 Å². The van der Waals surface area contributed by atoms with Crippen molar-refractivity contribution in [2.24, 2.45) is 5.73 Å². The summed E-state index contributed by atoms with van der Waals surface area (Å²) in [5.41, 5.74) is 4.31. The summed E-state index contributed by atoms with van der Waals surface area (Å²) < 4.78 is 50.7. The average molecular weight is 309 g/mol. The number of nitro groups is 1. The standard InChI is InChI=1S/C10H13F2N3O4S/c11-10(12,6-13)7-14-20(18,19)5-8-3-1-2-4-9(8)15(16)17/h1-4,14H,5-7,13H2. The molecule has 1 rings (SSSR count). The van der Waals surface area contributed by atoms with Crippen LogP contribution in [0.5, 0.6) is 0 Å². The second-order valence-electron chi connectivity index (χ2n) is 4.03. The first-order valence-corrected chi connectivity index (χ1v) is 7.09. The van der Waals surface area contributed by atoms with Gasteiger partial charge in [0, 0.05) is 11.6 Å². The van der Waals surface area contributed by atoms with E-state index in [1.165, 1.54) is 18.2 Å². The van der Waals surface area contributed by atoms with Crippen molar-refractivity contribution in [2.45, 2.75) is 11.7 Å². The third kappa shape index (κ3) is 4.79. The minimum atomic E-state index is -4.12. The molecule has 1 aromatic rings. The maximum absolute atomic E-state index is 12.9. The topological polar surface area (TPSA) is 115 Å². The van der Waals surface area contributed by atoms with Gasteiger partial charge in [-0.3, -0.25) is 10.1 Å². The molecule has 0 spiro atoms. The number of rotatable bonds is 7. The summed E-state index contributed by atoms with van der Waals surface area (Å²) in [4.78, 5) is 9.99. The monoisotopic (exact) mass is 309 g/mol. The van der Waals surface area contributed by atoms with E-state index in [4.69, 9.17) is 5.73 Å². The Hall–Kier alpha value is -1.65. The summed E-state index contributed by atoms with van der Waals surface area (Å²) in [6, 6.07) is 5.19. The van der Waals surface area contributed by atoms with E-state index in [0.717, 1.165) is 6.07 Å². The predicted molar refractivity (Wildman–Crippen MR) is 67.7 cm³/mol. The van der Waals surface area contributed by atoms with Gasteiger partial charge in [-0.2, -0.15) is 0 Å². The molecule has 0 saturated heterocycles. The Morgan fingerprint density at radius 3 is 2.50 bits per heavy atom. The molecule has 7 nitrogen and oxygen atoms in total. The van der Waals surface area contributed by atoms with Crippen LogP contribution in [0.2, 0.25) is 0 Å². The molecule has 0 heterocycles. The maximum atomic E-state index is 12.9. The van der Waals surface area contributed by atoms with Crippen LogP contribution in [0.25, 0.3) is 0 Å². The normalized spacial score (nSPS) is 12.3. The van der Waals surface area contributed by atoms with Crippen molar-refractivity contribution >= 4 is 15.7 Å². The molecule has 3 N–H and O–H groups in total. The zero-order valence-corrected chi connectivity index (χ0v) is 11.1. The number of nitro benzene ring substituents is 1. The molecule has 1 aromatic carbocycles. The summed E-state index contributed by atoms with van der Waals surface area (Å²) in [6.07, 6.45) is 0. The lowest BCUT2D eigenvalue weighted by Gasteiger charge is -2.14. The molecule has 0 fully saturated rings. The number of para-hydroxylation sites is 1. The second kappa shape index (κ2) is 6.20. The van der Waals surface area contributed by atoms with Crippen LogP contribution in [0.15, 0.2) is 24.3 Å². The summed E-state index contributed by atoms with van der Waals surface area (Å²) in [7, 11) is -4.12. The van der Waals surface area contributed by atoms with Crippen molar-refractivity contribution in [1.82, 2.24) is 4.72 Å². The molecule has 0 saturated carbocycles. The van der Waals surface area contributed by atoms with E-state index in [9.17, 15) is 27.3 Å². The third-order valence-corrected chi connectivity index (χ3v) is 3.66. The first-order chi connectivity index (χ1) is 9.17. The lowest BCUT2D eigenvalue weighted by atomic mass is 10.2. The lowest BCUT2D eigenvalue weighted by Crippen LogP contribution is -2.41. The van der Waals surface area contributed by atoms with E-state index in [-0.39, 0.29) is 11.3 Å². The Kier molecular flexibility index (Phi) is 5.09.